The molecule has 0 bridgehead atoms. The highest BCUT2D eigenvalue weighted by atomic mass is 16.2. The fraction of sp³-hybridized carbons (Fsp3) is 0.136. The molecule has 0 aliphatic rings. The van der Waals surface area contributed by atoms with Crippen LogP contribution in [0, 0.1) is 6.92 Å². The minimum atomic E-state index is -0.299. The van der Waals surface area contributed by atoms with Gasteiger partial charge >= 0.3 is 0 Å². The number of hydrogen-bond acceptors (Lipinski definition) is 3. The number of aryl methyl sites for hydroxylation is 1. The zero-order valence-electron chi connectivity index (χ0n) is 15.1. The van der Waals surface area contributed by atoms with Crippen LogP contribution in [0.4, 0.5) is 5.69 Å². The van der Waals surface area contributed by atoms with Gasteiger partial charge in [0.05, 0.1) is 11.1 Å². The molecule has 0 aliphatic carbocycles. The molecule has 136 valence electrons. The van der Waals surface area contributed by atoms with E-state index in [0.717, 1.165) is 17.5 Å². The molecule has 1 aromatic heterocycles. The van der Waals surface area contributed by atoms with Crippen molar-refractivity contribution < 1.29 is 9.59 Å². The number of benzene rings is 2. The monoisotopic (exact) mass is 359 g/mol. The number of carbonyl (C=O) groups excluding carboxylic acids is 2. The first-order chi connectivity index (χ1) is 13.1. The second kappa shape index (κ2) is 8.76. The van der Waals surface area contributed by atoms with Crippen molar-refractivity contribution in [2.45, 2.75) is 13.3 Å². The van der Waals surface area contributed by atoms with Crippen LogP contribution in [0.15, 0.2) is 73.1 Å². The van der Waals surface area contributed by atoms with Gasteiger partial charge < -0.3 is 10.6 Å². The normalized spacial score (nSPS) is 10.3. The van der Waals surface area contributed by atoms with Crippen LogP contribution >= 0.6 is 0 Å². The summed E-state index contributed by atoms with van der Waals surface area (Å²) in [4.78, 5) is 28.8. The largest absolute Gasteiger partial charge is 0.352 e. The zero-order valence-corrected chi connectivity index (χ0v) is 15.1. The van der Waals surface area contributed by atoms with Gasteiger partial charge in [0.2, 0.25) is 0 Å². The third-order valence-corrected chi connectivity index (χ3v) is 4.08. The molecule has 2 amide bonds. The smallest absolute Gasteiger partial charge is 0.257 e. The number of rotatable bonds is 6. The van der Waals surface area contributed by atoms with Crippen molar-refractivity contribution in [2.75, 3.05) is 11.9 Å². The summed E-state index contributed by atoms with van der Waals surface area (Å²) in [5.41, 5.74) is 3.62. The minimum absolute atomic E-state index is 0.247. The third kappa shape index (κ3) is 5.25. The van der Waals surface area contributed by atoms with Crippen LogP contribution in [-0.2, 0) is 6.42 Å². The molecule has 0 radical (unpaired) electrons. The number of pyridine rings is 1. The molecule has 0 fully saturated rings. The molecule has 3 rings (SSSR count). The van der Waals surface area contributed by atoms with E-state index >= 15 is 0 Å². The van der Waals surface area contributed by atoms with Gasteiger partial charge in [0.1, 0.15) is 0 Å². The summed E-state index contributed by atoms with van der Waals surface area (Å²) in [6, 6.07) is 19.0. The van der Waals surface area contributed by atoms with Gasteiger partial charge in [-0.2, -0.15) is 0 Å². The lowest BCUT2D eigenvalue weighted by molar-refractivity contribution is 0.0953. The number of aromatic nitrogens is 1. The third-order valence-electron chi connectivity index (χ3n) is 4.08. The summed E-state index contributed by atoms with van der Waals surface area (Å²) in [6.45, 7) is 2.47. The Bertz CT molecular complexity index is 939. The number of anilines is 1. The lowest BCUT2D eigenvalue weighted by Gasteiger charge is -2.08. The van der Waals surface area contributed by atoms with Crippen LogP contribution in [0.5, 0.6) is 0 Å². The molecule has 5 nitrogen and oxygen atoms in total. The summed E-state index contributed by atoms with van der Waals surface area (Å²) in [5.74, 6) is -0.546. The van der Waals surface area contributed by atoms with Crippen molar-refractivity contribution in [1.29, 1.82) is 0 Å². The van der Waals surface area contributed by atoms with Gasteiger partial charge in [0.15, 0.2) is 0 Å². The first kappa shape index (κ1) is 18.3. The average Bonchev–Trinajstić information content (AvgIpc) is 2.69. The van der Waals surface area contributed by atoms with E-state index in [0.29, 0.717) is 23.4 Å². The number of hydrogen-bond donors (Lipinski definition) is 2. The van der Waals surface area contributed by atoms with Gasteiger partial charge in [0, 0.05) is 24.6 Å². The fourth-order valence-corrected chi connectivity index (χ4v) is 2.68. The predicted octanol–water partition coefficient (Wildman–Crippen LogP) is 3.61. The maximum Gasteiger partial charge on any atom is 0.257 e. The highest BCUT2D eigenvalue weighted by Crippen LogP contribution is 2.12. The van der Waals surface area contributed by atoms with E-state index in [2.05, 4.69) is 15.6 Å². The van der Waals surface area contributed by atoms with E-state index in [-0.39, 0.29) is 11.8 Å². The Hall–Kier alpha value is -3.47. The summed E-state index contributed by atoms with van der Waals surface area (Å²) in [7, 11) is 0. The van der Waals surface area contributed by atoms with Crippen LogP contribution in [0.3, 0.4) is 0 Å². The molecule has 0 saturated heterocycles. The molecule has 3 aromatic rings. The summed E-state index contributed by atoms with van der Waals surface area (Å²) >= 11 is 0. The molecular weight excluding hydrogens is 338 g/mol. The lowest BCUT2D eigenvalue weighted by atomic mass is 10.1. The van der Waals surface area contributed by atoms with Crippen molar-refractivity contribution in [3.05, 3.63) is 95.3 Å². The summed E-state index contributed by atoms with van der Waals surface area (Å²) in [6.07, 6.45) is 3.65. The summed E-state index contributed by atoms with van der Waals surface area (Å²) in [5, 5.41) is 5.68. The second-order valence-electron chi connectivity index (χ2n) is 6.28. The molecule has 2 N–H and O–H groups in total. The van der Waals surface area contributed by atoms with Crippen LogP contribution in [0.25, 0.3) is 0 Å². The molecule has 0 spiro atoms. The maximum absolute atomic E-state index is 12.4. The number of carbonyl (C=O) groups is 2. The molecular formula is C22H21N3O2. The first-order valence-electron chi connectivity index (χ1n) is 8.77. The highest BCUT2D eigenvalue weighted by Gasteiger charge is 2.11. The SMILES string of the molecule is Cc1cccc(NC(=O)c2cncc(C(=O)NCCc3ccccc3)c2)c1. The average molecular weight is 359 g/mol. The van der Waals surface area contributed by atoms with Crippen LogP contribution in [0.2, 0.25) is 0 Å². The Balaban J connectivity index is 1.60. The van der Waals surface area contributed by atoms with Crippen molar-refractivity contribution in [2.24, 2.45) is 0 Å². The van der Waals surface area contributed by atoms with E-state index in [4.69, 9.17) is 0 Å². The molecule has 0 saturated carbocycles. The second-order valence-corrected chi connectivity index (χ2v) is 6.28. The molecule has 2 aromatic carbocycles. The quantitative estimate of drug-likeness (QED) is 0.706. The number of nitrogens with zero attached hydrogens (tertiary/aromatic N) is 1. The van der Waals surface area contributed by atoms with Crippen molar-refractivity contribution in [3.8, 4) is 0 Å². The fourth-order valence-electron chi connectivity index (χ4n) is 2.68. The predicted molar refractivity (Wildman–Crippen MR) is 106 cm³/mol. The molecule has 27 heavy (non-hydrogen) atoms. The molecule has 0 aliphatic heterocycles. The van der Waals surface area contributed by atoms with Gasteiger partial charge in [-0.05, 0) is 42.7 Å². The minimum Gasteiger partial charge on any atom is -0.352 e. The Morgan fingerprint density at radius 1 is 0.889 bits per heavy atom. The van der Waals surface area contributed by atoms with Gasteiger partial charge in [-0.15, -0.1) is 0 Å². The Morgan fingerprint density at radius 2 is 1.63 bits per heavy atom. The lowest BCUT2D eigenvalue weighted by Crippen LogP contribution is -2.26. The van der Waals surface area contributed by atoms with Crippen LogP contribution < -0.4 is 10.6 Å². The van der Waals surface area contributed by atoms with Crippen LogP contribution in [0.1, 0.15) is 31.8 Å². The van der Waals surface area contributed by atoms with Crippen molar-refractivity contribution >= 4 is 17.5 Å². The standard InChI is InChI=1S/C22H21N3O2/c1-16-6-5-9-20(12-16)25-22(27)19-13-18(14-23-15-19)21(26)24-11-10-17-7-3-2-4-8-17/h2-9,12-15H,10-11H2,1H3,(H,24,26)(H,25,27). The summed E-state index contributed by atoms with van der Waals surface area (Å²) < 4.78 is 0. The van der Waals surface area contributed by atoms with E-state index < -0.39 is 0 Å². The Kier molecular flexibility index (Phi) is 5.94. The highest BCUT2D eigenvalue weighted by molar-refractivity contribution is 6.05. The van der Waals surface area contributed by atoms with E-state index in [1.54, 1.807) is 6.07 Å². The zero-order chi connectivity index (χ0) is 19.1. The molecule has 5 heteroatoms. The molecule has 1 heterocycles. The maximum atomic E-state index is 12.4. The Morgan fingerprint density at radius 3 is 2.37 bits per heavy atom. The molecule has 0 atom stereocenters. The van der Waals surface area contributed by atoms with Crippen LogP contribution in [-0.4, -0.2) is 23.3 Å². The number of amides is 2. The van der Waals surface area contributed by atoms with E-state index in [1.165, 1.54) is 12.4 Å². The molecule has 0 unspecified atom stereocenters. The first-order valence-corrected chi connectivity index (χ1v) is 8.77. The number of nitrogens with one attached hydrogen (secondary N) is 2. The Labute approximate surface area is 158 Å². The van der Waals surface area contributed by atoms with Gasteiger partial charge in [-0.1, -0.05) is 42.5 Å². The van der Waals surface area contributed by atoms with Crippen molar-refractivity contribution in [3.63, 3.8) is 0 Å². The van der Waals surface area contributed by atoms with Crippen molar-refractivity contribution in [1.82, 2.24) is 10.3 Å². The van der Waals surface area contributed by atoms with Gasteiger partial charge in [0.25, 0.3) is 11.8 Å². The van der Waals surface area contributed by atoms with E-state index in [1.807, 2.05) is 61.5 Å². The van der Waals surface area contributed by atoms with Gasteiger partial charge in [-0.3, -0.25) is 14.6 Å². The van der Waals surface area contributed by atoms with Gasteiger partial charge in [-0.25, -0.2) is 0 Å². The topological polar surface area (TPSA) is 71.1 Å². The van der Waals surface area contributed by atoms with E-state index in [9.17, 15) is 9.59 Å².